The second-order valence-electron chi connectivity index (χ2n) is 8.88. The van der Waals surface area contributed by atoms with Crippen molar-refractivity contribution in [2.45, 2.75) is 44.8 Å². The lowest BCUT2D eigenvalue weighted by molar-refractivity contribution is -0.156. The molecule has 1 saturated heterocycles. The molecule has 0 saturated carbocycles. The van der Waals surface area contributed by atoms with Gasteiger partial charge in [0.1, 0.15) is 18.5 Å². The molecule has 0 aliphatic carbocycles. The lowest BCUT2D eigenvalue weighted by Crippen LogP contribution is -2.31. The highest BCUT2D eigenvalue weighted by Crippen LogP contribution is 2.45. The molecule has 0 unspecified atom stereocenters. The van der Waals surface area contributed by atoms with Crippen molar-refractivity contribution in [1.29, 1.82) is 0 Å². The topological polar surface area (TPSA) is 83.5 Å². The van der Waals surface area contributed by atoms with Gasteiger partial charge in [-0.15, -0.1) is 0 Å². The molecule has 8 heteroatoms. The van der Waals surface area contributed by atoms with Gasteiger partial charge in [0.25, 0.3) is 0 Å². The molecule has 0 aromatic heterocycles. The quantitative estimate of drug-likeness (QED) is 0.331. The molecule has 7 nitrogen and oxygen atoms in total. The van der Waals surface area contributed by atoms with Crippen molar-refractivity contribution >= 4 is 12.0 Å². The Morgan fingerprint density at radius 3 is 2.50 bits per heavy atom. The van der Waals surface area contributed by atoms with Crippen LogP contribution in [-0.2, 0) is 19.0 Å². The minimum absolute atomic E-state index is 0.00252. The molecule has 2 atom stereocenters. The van der Waals surface area contributed by atoms with Crippen LogP contribution in [0.25, 0.3) is 17.2 Å². The molecule has 0 bridgehead atoms. The van der Waals surface area contributed by atoms with Gasteiger partial charge in [-0.25, -0.2) is 4.39 Å². The number of carbonyl (C=O) groups excluding carboxylic acids is 1. The number of carbonyl (C=O) groups is 1. The highest BCUT2D eigenvalue weighted by Gasteiger charge is 2.26. The van der Waals surface area contributed by atoms with E-state index in [0.29, 0.717) is 44.3 Å². The molecule has 0 radical (unpaired) electrons. The summed E-state index contributed by atoms with van der Waals surface area (Å²) in [6.45, 7) is 5.80. The van der Waals surface area contributed by atoms with Crippen LogP contribution in [0, 0.1) is 5.82 Å². The number of esters is 1. The smallest absolute Gasteiger partial charge is 0.309 e. The van der Waals surface area contributed by atoms with E-state index in [1.54, 1.807) is 32.4 Å². The second kappa shape index (κ2) is 13.4. The highest BCUT2D eigenvalue weighted by atomic mass is 19.1. The van der Waals surface area contributed by atoms with Gasteiger partial charge in [0, 0.05) is 19.1 Å². The Kier molecular flexibility index (Phi) is 10.3. The van der Waals surface area contributed by atoms with Crippen LogP contribution in [-0.4, -0.2) is 63.9 Å². The molecule has 1 aliphatic heterocycles. The van der Waals surface area contributed by atoms with E-state index in [1.807, 2.05) is 12.1 Å². The van der Waals surface area contributed by atoms with E-state index in [2.05, 4.69) is 13.8 Å². The van der Waals surface area contributed by atoms with Gasteiger partial charge >= 0.3 is 5.97 Å². The van der Waals surface area contributed by atoms with Crippen molar-refractivity contribution in [3.8, 4) is 22.6 Å². The Morgan fingerprint density at radius 1 is 1.14 bits per heavy atom. The lowest BCUT2D eigenvalue weighted by Gasteiger charge is -2.25. The van der Waals surface area contributed by atoms with Gasteiger partial charge in [-0.2, -0.15) is 0 Å². The van der Waals surface area contributed by atoms with Crippen molar-refractivity contribution in [3.05, 3.63) is 53.4 Å². The summed E-state index contributed by atoms with van der Waals surface area (Å²) in [5.41, 5.74) is 3.30. The highest BCUT2D eigenvalue weighted by molar-refractivity contribution is 5.85. The third kappa shape index (κ3) is 7.29. The number of aliphatic hydroxyl groups excluding tert-OH is 1. The molecule has 1 heterocycles. The van der Waals surface area contributed by atoms with Crippen LogP contribution in [0.5, 0.6) is 11.5 Å². The predicted octanol–water partition coefficient (Wildman–Crippen LogP) is 4.75. The molecule has 3 rings (SSSR count). The van der Waals surface area contributed by atoms with Crippen LogP contribution in [0.4, 0.5) is 4.39 Å². The summed E-state index contributed by atoms with van der Waals surface area (Å²) >= 11 is 0. The fourth-order valence-corrected chi connectivity index (χ4v) is 4.13. The Morgan fingerprint density at radius 2 is 1.86 bits per heavy atom. The Balaban J connectivity index is 2.05. The summed E-state index contributed by atoms with van der Waals surface area (Å²) in [7, 11) is 3.18. The molecular weight excluding hydrogens is 467 g/mol. The number of methoxy groups -OCH3 is 2. The minimum Gasteiger partial charge on any atom is -0.492 e. The van der Waals surface area contributed by atoms with E-state index in [4.69, 9.17) is 23.7 Å². The standard InChI is InChI=1S/C28H35FO7/c1-18(2)24-17-25(35-14-13-34-12-11-32-3)28(33-4)27(19-5-7-20(29)8-6-19)23(24)10-9-22-15-21(30)16-26(31)36-22/h5-10,17-18,21-22,30H,11-16H2,1-4H3/b10-9+/t21-,22-/m1/s1. The molecular formula is C28H35FO7. The Labute approximate surface area is 211 Å². The van der Waals surface area contributed by atoms with E-state index in [-0.39, 0.29) is 18.2 Å². The van der Waals surface area contributed by atoms with Gasteiger partial charge in [0.05, 0.1) is 39.5 Å². The van der Waals surface area contributed by atoms with Crippen LogP contribution < -0.4 is 9.47 Å². The number of cyclic esters (lactones) is 1. The number of benzene rings is 2. The molecule has 196 valence electrons. The van der Waals surface area contributed by atoms with Crippen LogP contribution in [0.2, 0.25) is 0 Å². The van der Waals surface area contributed by atoms with E-state index in [1.165, 1.54) is 12.1 Å². The van der Waals surface area contributed by atoms with Crippen molar-refractivity contribution in [2.75, 3.05) is 40.6 Å². The first-order valence-corrected chi connectivity index (χ1v) is 12.1. The van der Waals surface area contributed by atoms with E-state index < -0.39 is 18.2 Å². The monoisotopic (exact) mass is 502 g/mol. The largest absolute Gasteiger partial charge is 0.492 e. The van der Waals surface area contributed by atoms with E-state index in [0.717, 1.165) is 22.3 Å². The van der Waals surface area contributed by atoms with Gasteiger partial charge in [0.2, 0.25) is 0 Å². The zero-order valence-corrected chi connectivity index (χ0v) is 21.3. The first kappa shape index (κ1) is 27.6. The lowest BCUT2D eigenvalue weighted by atomic mass is 9.88. The average Bonchev–Trinajstić information content (AvgIpc) is 2.84. The van der Waals surface area contributed by atoms with Crippen LogP contribution in [0.15, 0.2) is 36.4 Å². The Hall–Kier alpha value is -2.94. The average molecular weight is 503 g/mol. The zero-order chi connectivity index (χ0) is 26.1. The maximum Gasteiger partial charge on any atom is 0.309 e. The third-order valence-corrected chi connectivity index (χ3v) is 5.86. The first-order valence-electron chi connectivity index (χ1n) is 12.1. The fourth-order valence-electron chi connectivity index (χ4n) is 4.13. The van der Waals surface area contributed by atoms with Gasteiger partial charge in [-0.1, -0.05) is 32.1 Å². The maximum absolute atomic E-state index is 13.8. The maximum atomic E-state index is 13.8. The predicted molar refractivity (Wildman–Crippen MR) is 135 cm³/mol. The molecule has 1 fully saturated rings. The van der Waals surface area contributed by atoms with Crippen LogP contribution in [0.3, 0.4) is 0 Å². The van der Waals surface area contributed by atoms with Crippen LogP contribution in [0.1, 0.15) is 43.7 Å². The third-order valence-electron chi connectivity index (χ3n) is 5.86. The number of rotatable bonds is 12. The van der Waals surface area contributed by atoms with E-state index >= 15 is 0 Å². The van der Waals surface area contributed by atoms with Crippen molar-refractivity contribution in [3.63, 3.8) is 0 Å². The SMILES string of the molecule is COCCOCCOc1cc(C(C)C)c(/C=C/[C@@H]2C[C@@H](O)CC(=O)O2)c(-c2ccc(F)cc2)c1OC. The molecule has 1 N–H and O–H groups in total. The molecule has 2 aromatic rings. The summed E-state index contributed by atoms with van der Waals surface area (Å²) < 4.78 is 41.6. The first-order chi connectivity index (χ1) is 17.3. The normalized spacial score (nSPS) is 18.0. The van der Waals surface area contributed by atoms with Crippen molar-refractivity contribution in [2.24, 2.45) is 0 Å². The summed E-state index contributed by atoms with van der Waals surface area (Å²) in [6, 6.07) is 8.11. The van der Waals surface area contributed by atoms with Gasteiger partial charge in [-0.05, 0) is 46.9 Å². The second-order valence-corrected chi connectivity index (χ2v) is 8.88. The fraction of sp³-hybridized carbons (Fsp3) is 0.464. The van der Waals surface area contributed by atoms with Crippen molar-refractivity contribution in [1.82, 2.24) is 0 Å². The molecule has 1 aliphatic rings. The Bertz CT molecular complexity index is 1030. The molecule has 0 spiro atoms. The summed E-state index contributed by atoms with van der Waals surface area (Å²) in [5, 5.41) is 9.99. The van der Waals surface area contributed by atoms with Gasteiger partial charge < -0.3 is 28.8 Å². The molecule has 0 amide bonds. The van der Waals surface area contributed by atoms with Gasteiger partial charge in [0.15, 0.2) is 11.5 Å². The molecule has 36 heavy (non-hydrogen) atoms. The summed E-state index contributed by atoms with van der Waals surface area (Å²) in [4.78, 5) is 11.8. The van der Waals surface area contributed by atoms with Crippen LogP contribution >= 0.6 is 0 Å². The number of halogens is 1. The zero-order valence-electron chi connectivity index (χ0n) is 21.3. The van der Waals surface area contributed by atoms with Gasteiger partial charge in [-0.3, -0.25) is 4.79 Å². The molecule has 2 aromatic carbocycles. The summed E-state index contributed by atoms with van der Waals surface area (Å²) in [5.74, 6) is 0.383. The number of hydrogen-bond donors (Lipinski definition) is 1. The number of hydrogen-bond acceptors (Lipinski definition) is 7. The summed E-state index contributed by atoms with van der Waals surface area (Å²) in [6.07, 6.45) is 2.69. The van der Waals surface area contributed by atoms with Crippen molar-refractivity contribution < 1.29 is 38.0 Å². The number of aliphatic hydroxyl groups is 1. The number of ether oxygens (including phenoxy) is 5. The van der Waals surface area contributed by atoms with E-state index in [9.17, 15) is 14.3 Å². The minimum atomic E-state index is -0.738.